The molecule has 2 aromatic heterocycles. The van der Waals surface area contributed by atoms with Crippen LogP contribution in [0.1, 0.15) is 19.2 Å². The van der Waals surface area contributed by atoms with Gasteiger partial charge in [0, 0.05) is 14.1 Å². The summed E-state index contributed by atoms with van der Waals surface area (Å²) in [5.74, 6) is 1.23. The van der Waals surface area contributed by atoms with Crippen molar-refractivity contribution in [3.8, 4) is 0 Å². The number of rotatable bonds is 4. The third-order valence-corrected chi connectivity index (χ3v) is 2.99. The van der Waals surface area contributed by atoms with Gasteiger partial charge in [0.05, 0.1) is 11.6 Å². The summed E-state index contributed by atoms with van der Waals surface area (Å²) in [5.41, 5.74) is 0.752. The van der Waals surface area contributed by atoms with E-state index in [4.69, 9.17) is 0 Å². The minimum absolute atomic E-state index is 0.0594. The quantitative estimate of drug-likeness (QED) is 0.843. The van der Waals surface area contributed by atoms with E-state index < -0.39 is 0 Å². The van der Waals surface area contributed by atoms with E-state index >= 15 is 0 Å². The topological polar surface area (TPSA) is 84.7 Å². The normalized spacial score (nSPS) is 12.4. The Labute approximate surface area is 111 Å². The first-order valence-electron chi connectivity index (χ1n) is 6.21. The van der Waals surface area contributed by atoms with E-state index in [-0.39, 0.29) is 11.9 Å². The van der Waals surface area contributed by atoms with Crippen molar-refractivity contribution in [1.29, 1.82) is 0 Å². The molecule has 0 aliphatic rings. The second-order valence-electron chi connectivity index (χ2n) is 4.34. The van der Waals surface area contributed by atoms with Crippen LogP contribution in [-0.2, 0) is 11.8 Å². The summed E-state index contributed by atoms with van der Waals surface area (Å²) >= 11 is 0. The smallest absolute Gasteiger partial charge is 0.242 e. The van der Waals surface area contributed by atoms with Gasteiger partial charge < -0.3 is 10.6 Å². The Hall–Kier alpha value is -2.18. The van der Waals surface area contributed by atoms with Gasteiger partial charge in [-0.05, 0) is 13.3 Å². The molecule has 0 unspecified atom stereocenters. The van der Waals surface area contributed by atoms with Crippen LogP contribution in [0.2, 0.25) is 0 Å². The molecule has 1 atom stereocenters. The van der Waals surface area contributed by atoms with Gasteiger partial charge in [-0.25, -0.2) is 9.97 Å². The predicted octanol–water partition coefficient (Wildman–Crippen LogP) is 0.608. The average molecular weight is 262 g/mol. The number of carbonyl (C=O) groups is 1. The van der Waals surface area contributed by atoms with Crippen molar-refractivity contribution in [3.05, 3.63) is 12.0 Å². The van der Waals surface area contributed by atoms with Crippen molar-refractivity contribution < 1.29 is 4.79 Å². The number of fused-ring (bicyclic) bond motifs is 1. The van der Waals surface area contributed by atoms with Gasteiger partial charge in [-0.1, -0.05) is 6.92 Å². The monoisotopic (exact) mass is 262 g/mol. The Morgan fingerprint density at radius 2 is 2.21 bits per heavy atom. The number of nitrogens with one attached hydrogen (secondary N) is 2. The maximum absolute atomic E-state index is 11.7. The molecule has 102 valence electrons. The molecule has 0 spiro atoms. The van der Waals surface area contributed by atoms with Gasteiger partial charge in [-0.3, -0.25) is 9.48 Å². The van der Waals surface area contributed by atoms with Gasteiger partial charge in [-0.2, -0.15) is 5.10 Å². The minimum Gasteiger partial charge on any atom is -0.358 e. The van der Waals surface area contributed by atoms with Gasteiger partial charge in [-0.15, -0.1) is 0 Å². The van der Waals surface area contributed by atoms with Crippen LogP contribution in [0.25, 0.3) is 11.0 Å². The van der Waals surface area contributed by atoms with Gasteiger partial charge in [0.1, 0.15) is 17.7 Å². The Morgan fingerprint density at radius 3 is 2.84 bits per heavy atom. The second-order valence-corrected chi connectivity index (χ2v) is 4.34. The van der Waals surface area contributed by atoms with Gasteiger partial charge in [0.25, 0.3) is 0 Å². The molecule has 7 heteroatoms. The molecule has 0 aliphatic carbocycles. The standard InChI is InChI=1S/C12H18N6O/c1-5-9(12(19)13-3)17-10-8-6-14-18(4)11(8)16-7(2)15-10/h6,9H,5H2,1-4H3,(H,13,19)(H,15,16,17)/t9-/m1/s1. The summed E-state index contributed by atoms with van der Waals surface area (Å²) in [4.78, 5) is 20.4. The number of carbonyl (C=O) groups excluding carboxylic acids is 1. The lowest BCUT2D eigenvalue weighted by molar-refractivity contribution is -0.121. The molecule has 2 N–H and O–H groups in total. The van der Waals surface area contributed by atoms with E-state index in [1.54, 1.807) is 17.9 Å². The van der Waals surface area contributed by atoms with Gasteiger partial charge >= 0.3 is 0 Å². The number of aryl methyl sites for hydroxylation is 2. The SMILES string of the molecule is CC[C@@H](Nc1nc(C)nc2c1cnn2C)C(=O)NC. The van der Waals surface area contributed by atoms with Crippen LogP contribution in [-0.4, -0.2) is 38.7 Å². The molecular weight excluding hydrogens is 244 g/mol. The summed E-state index contributed by atoms with van der Waals surface area (Å²) in [6.45, 7) is 3.76. The van der Waals surface area contributed by atoms with Crippen molar-refractivity contribution in [2.75, 3.05) is 12.4 Å². The highest BCUT2D eigenvalue weighted by molar-refractivity contribution is 5.90. The Balaban J connectivity index is 2.41. The van der Waals surface area contributed by atoms with Crippen LogP contribution in [0.5, 0.6) is 0 Å². The number of amides is 1. The van der Waals surface area contributed by atoms with E-state index in [0.717, 1.165) is 11.0 Å². The predicted molar refractivity (Wildman–Crippen MR) is 72.8 cm³/mol. The lowest BCUT2D eigenvalue weighted by atomic mass is 10.2. The summed E-state index contributed by atoms with van der Waals surface area (Å²) in [7, 11) is 3.45. The molecule has 7 nitrogen and oxygen atoms in total. The molecule has 0 bridgehead atoms. The molecule has 2 aromatic rings. The van der Waals surface area contributed by atoms with E-state index in [2.05, 4.69) is 25.7 Å². The van der Waals surface area contributed by atoms with Crippen LogP contribution in [0.4, 0.5) is 5.82 Å². The van der Waals surface area contributed by atoms with E-state index in [1.165, 1.54) is 0 Å². The zero-order chi connectivity index (χ0) is 14.0. The zero-order valence-electron chi connectivity index (χ0n) is 11.6. The number of hydrogen-bond donors (Lipinski definition) is 2. The molecule has 0 fully saturated rings. The van der Waals surface area contributed by atoms with Crippen LogP contribution in [0.3, 0.4) is 0 Å². The van der Waals surface area contributed by atoms with Gasteiger partial charge in [0.2, 0.25) is 5.91 Å². The highest BCUT2D eigenvalue weighted by Crippen LogP contribution is 2.20. The Bertz CT molecular complexity index is 606. The number of anilines is 1. The van der Waals surface area contributed by atoms with Crippen molar-refractivity contribution in [3.63, 3.8) is 0 Å². The second kappa shape index (κ2) is 5.21. The van der Waals surface area contributed by atoms with Crippen molar-refractivity contribution in [1.82, 2.24) is 25.1 Å². The van der Waals surface area contributed by atoms with Crippen LogP contribution in [0, 0.1) is 6.92 Å². The largest absolute Gasteiger partial charge is 0.358 e. The van der Waals surface area contributed by atoms with Crippen LogP contribution >= 0.6 is 0 Å². The molecule has 0 saturated carbocycles. The molecule has 2 rings (SSSR count). The Morgan fingerprint density at radius 1 is 1.47 bits per heavy atom. The Kier molecular flexibility index (Phi) is 3.64. The lowest BCUT2D eigenvalue weighted by Gasteiger charge is -2.16. The van der Waals surface area contributed by atoms with Crippen molar-refractivity contribution in [2.45, 2.75) is 26.3 Å². The number of nitrogens with zero attached hydrogens (tertiary/aromatic N) is 4. The third kappa shape index (κ3) is 2.49. The number of hydrogen-bond acceptors (Lipinski definition) is 5. The fourth-order valence-electron chi connectivity index (χ4n) is 1.93. The van der Waals surface area contributed by atoms with Gasteiger partial charge in [0.15, 0.2) is 5.65 Å². The molecule has 0 aromatic carbocycles. The first-order chi connectivity index (χ1) is 9.06. The fraction of sp³-hybridized carbons (Fsp3) is 0.500. The highest BCUT2D eigenvalue weighted by Gasteiger charge is 2.18. The molecule has 2 heterocycles. The molecule has 19 heavy (non-hydrogen) atoms. The maximum atomic E-state index is 11.7. The van der Waals surface area contributed by atoms with Crippen molar-refractivity contribution >= 4 is 22.8 Å². The van der Waals surface area contributed by atoms with Crippen LogP contribution in [0.15, 0.2) is 6.20 Å². The molecular formula is C12H18N6O. The summed E-state index contributed by atoms with van der Waals surface area (Å²) in [6, 6.07) is -0.317. The highest BCUT2D eigenvalue weighted by atomic mass is 16.2. The number of likely N-dealkylation sites (N-methyl/N-ethyl adjacent to an activating group) is 1. The van der Waals surface area contributed by atoms with E-state index in [0.29, 0.717) is 18.1 Å². The lowest BCUT2D eigenvalue weighted by Crippen LogP contribution is -2.37. The first-order valence-corrected chi connectivity index (χ1v) is 6.21. The maximum Gasteiger partial charge on any atom is 0.242 e. The molecule has 1 amide bonds. The molecule has 0 saturated heterocycles. The summed E-state index contributed by atoms with van der Waals surface area (Å²) in [5, 5.41) is 10.8. The fourth-order valence-corrected chi connectivity index (χ4v) is 1.93. The molecule has 0 radical (unpaired) electrons. The average Bonchev–Trinajstić information content (AvgIpc) is 2.76. The van der Waals surface area contributed by atoms with Crippen LogP contribution < -0.4 is 10.6 Å². The van der Waals surface area contributed by atoms with E-state index in [1.807, 2.05) is 20.9 Å². The van der Waals surface area contributed by atoms with E-state index in [9.17, 15) is 4.79 Å². The zero-order valence-corrected chi connectivity index (χ0v) is 11.6. The molecule has 0 aliphatic heterocycles. The van der Waals surface area contributed by atoms with Crippen molar-refractivity contribution in [2.24, 2.45) is 7.05 Å². The third-order valence-electron chi connectivity index (χ3n) is 2.99. The summed E-state index contributed by atoms with van der Waals surface area (Å²) in [6.07, 6.45) is 2.37. The number of aromatic nitrogens is 4. The minimum atomic E-state index is -0.317. The summed E-state index contributed by atoms with van der Waals surface area (Å²) < 4.78 is 1.69. The first kappa shape index (κ1) is 13.3.